The molecule has 27 heavy (non-hydrogen) atoms. The molecule has 6 heteroatoms. The molecular formula is C21H29N3O3. The molecule has 2 aliphatic rings. The third kappa shape index (κ3) is 5.29. The summed E-state index contributed by atoms with van der Waals surface area (Å²) in [7, 11) is 0. The first kappa shape index (κ1) is 19.8. The normalized spacial score (nSPS) is 26.7. The topological polar surface area (TPSA) is 96.6 Å². The summed E-state index contributed by atoms with van der Waals surface area (Å²) >= 11 is 0. The molecule has 4 atom stereocenters. The first-order chi connectivity index (χ1) is 13.1. The van der Waals surface area contributed by atoms with Crippen LogP contribution in [0, 0.1) is 23.2 Å². The summed E-state index contributed by atoms with van der Waals surface area (Å²) < 4.78 is 0. The van der Waals surface area contributed by atoms with E-state index in [0.29, 0.717) is 43.5 Å². The van der Waals surface area contributed by atoms with Gasteiger partial charge < -0.3 is 15.5 Å². The molecule has 1 aromatic carbocycles. The minimum atomic E-state index is -0.767. The maximum absolute atomic E-state index is 11.7. The number of nitrogens with zero attached hydrogens (tertiary/aromatic N) is 2. The lowest BCUT2D eigenvalue weighted by molar-refractivity contribution is -0.147. The number of hydrogen-bond donors (Lipinski definition) is 3. The van der Waals surface area contributed by atoms with E-state index in [9.17, 15) is 15.0 Å². The molecule has 0 spiro atoms. The zero-order chi connectivity index (χ0) is 19.2. The van der Waals surface area contributed by atoms with Gasteiger partial charge in [0.1, 0.15) is 6.04 Å². The summed E-state index contributed by atoms with van der Waals surface area (Å²) in [6, 6.07) is 8.96. The molecule has 0 radical (unpaired) electrons. The first-order valence-corrected chi connectivity index (χ1v) is 9.91. The van der Waals surface area contributed by atoms with Crippen molar-refractivity contribution in [3.63, 3.8) is 0 Å². The Labute approximate surface area is 160 Å². The van der Waals surface area contributed by atoms with Gasteiger partial charge in [-0.3, -0.25) is 9.69 Å². The number of carboxylic acids is 1. The Bertz CT molecular complexity index is 670. The largest absolute Gasteiger partial charge is 0.480 e. The Kier molecular flexibility index (Phi) is 6.84. The number of benzene rings is 1. The first-order valence-electron chi connectivity index (χ1n) is 9.91. The number of aliphatic carboxylic acids is 1. The van der Waals surface area contributed by atoms with Crippen LogP contribution in [0.5, 0.6) is 0 Å². The van der Waals surface area contributed by atoms with Crippen molar-refractivity contribution in [3.05, 3.63) is 35.4 Å². The molecule has 0 aromatic heterocycles. The smallest absolute Gasteiger partial charge is 0.320 e. The maximum Gasteiger partial charge on any atom is 0.320 e. The molecule has 1 aliphatic carbocycles. The predicted octanol–water partition coefficient (Wildman–Crippen LogP) is 1.97. The van der Waals surface area contributed by atoms with Crippen LogP contribution in [-0.2, 0) is 11.3 Å². The van der Waals surface area contributed by atoms with Crippen LogP contribution in [0.15, 0.2) is 24.3 Å². The van der Waals surface area contributed by atoms with Gasteiger partial charge in [0.15, 0.2) is 0 Å². The molecule has 0 unspecified atom stereocenters. The van der Waals surface area contributed by atoms with Crippen molar-refractivity contribution in [3.8, 4) is 6.07 Å². The SMILES string of the molecule is N#Cc1ccc(CNC[C@@H](O)CN2C[C@H]3CCCC[C@H]3C[C@H]2C(=O)O)cc1. The zero-order valence-corrected chi connectivity index (χ0v) is 15.7. The van der Waals surface area contributed by atoms with Crippen LogP contribution in [0.4, 0.5) is 0 Å². The Balaban J connectivity index is 1.48. The molecule has 6 nitrogen and oxygen atoms in total. The number of fused-ring (bicyclic) bond motifs is 1. The van der Waals surface area contributed by atoms with Gasteiger partial charge in [0.25, 0.3) is 0 Å². The van der Waals surface area contributed by atoms with E-state index in [4.69, 9.17) is 5.26 Å². The number of carbonyl (C=O) groups is 1. The number of β-amino-alcohol motifs (C(OH)–C–C–N with tert-alkyl or cyclic N) is 1. The van der Waals surface area contributed by atoms with Crippen molar-refractivity contribution in [1.29, 1.82) is 5.26 Å². The van der Waals surface area contributed by atoms with Gasteiger partial charge in [-0.1, -0.05) is 31.4 Å². The van der Waals surface area contributed by atoms with Gasteiger partial charge in [-0.15, -0.1) is 0 Å². The second-order valence-electron chi connectivity index (χ2n) is 7.94. The summed E-state index contributed by atoms with van der Waals surface area (Å²) in [4.78, 5) is 13.7. The molecule has 1 heterocycles. The predicted molar refractivity (Wildman–Crippen MR) is 102 cm³/mol. The summed E-state index contributed by atoms with van der Waals surface area (Å²) in [5.74, 6) is 0.340. The number of likely N-dealkylation sites (tertiary alicyclic amines) is 1. The number of aliphatic hydroxyl groups is 1. The highest BCUT2D eigenvalue weighted by atomic mass is 16.4. The van der Waals surface area contributed by atoms with Crippen LogP contribution in [0.3, 0.4) is 0 Å². The van der Waals surface area contributed by atoms with Crippen LogP contribution >= 0.6 is 0 Å². The van der Waals surface area contributed by atoms with Crippen LogP contribution in [0.2, 0.25) is 0 Å². The lowest BCUT2D eigenvalue weighted by Gasteiger charge is -2.45. The summed E-state index contributed by atoms with van der Waals surface area (Å²) in [5, 5.41) is 32.1. The van der Waals surface area contributed by atoms with E-state index >= 15 is 0 Å². The van der Waals surface area contributed by atoms with Crippen LogP contribution in [0.1, 0.15) is 43.2 Å². The Morgan fingerprint density at radius 2 is 1.96 bits per heavy atom. The van der Waals surface area contributed by atoms with E-state index < -0.39 is 18.1 Å². The highest BCUT2D eigenvalue weighted by molar-refractivity contribution is 5.73. The Hall–Kier alpha value is -1.94. The van der Waals surface area contributed by atoms with Crippen molar-refractivity contribution in [2.24, 2.45) is 11.8 Å². The molecule has 2 fully saturated rings. The lowest BCUT2D eigenvalue weighted by atomic mass is 9.73. The van der Waals surface area contributed by atoms with Crippen molar-refractivity contribution in [1.82, 2.24) is 10.2 Å². The molecule has 1 saturated carbocycles. The number of nitrogens with one attached hydrogen (secondary N) is 1. The number of rotatable bonds is 7. The second kappa shape index (κ2) is 9.32. The molecular weight excluding hydrogens is 342 g/mol. The fraction of sp³-hybridized carbons (Fsp3) is 0.619. The standard InChI is InChI=1S/C21H29N3O3/c22-10-15-5-7-16(8-6-15)11-23-12-19(25)14-24-13-18-4-2-1-3-17(18)9-20(24)21(26)27/h5-8,17-20,23,25H,1-4,9,11-14H2,(H,26,27)/t17-,18+,19+,20-/m0/s1. The van der Waals surface area contributed by atoms with E-state index in [1.54, 1.807) is 12.1 Å². The van der Waals surface area contributed by atoms with Crippen molar-refractivity contribution in [2.45, 2.75) is 50.8 Å². The fourth-order valence-corrected chi connectivity index (χ4v) is 4.57. The van der Waals surface area contributed by atoms with Crippen LogP contribution < -0.4 is 5.32 Å². The van der Waals surface area contributed by atoms with Crippen LogP contribution in [-0.4, -0.2) is 52.9 Å². The summed E-state index contributed by atoms with van der Waals surface area (Å²) in [5.41, 5.74) is 1.68. The van der Waals surface area contributed by atoms with Gasteiger partial charge in [-0.05, 0) is 42.4 Å². The molecule has 3 N–H and O–H groups in total. The highest BCUT2D eigenvalue weighted by Crippen LogP contribution is 2.38. The summed E-state index contributed by atoms with van der Waals surface area (Å²) in [6.45, 7) is 2.20. The Morgan fingerprint density at radius 3 is 2.63 bits per heavy atom. The van der Waals surface area contributed by atoms with Crippen molar-refractivity contribution < 1.29 is 15.0 Å². The maximum atomic E-state index is 11.7. The lowest BCUT2D eigenvalue weighted by Crippen LogP contribution is -2.54. The average molecular weight is 371 g/mol. The van der Waals surface area contributed by atoms with Gasteiger partial charge in [-0.2, -0.15) is 5.26 Å². The minimum absolute atomic E-state index is 0.389. The van der Waals surface area contributed by atoms with E-state index in [1.165, 1.54) is 19.3 Å². The highest BCUT2D eigenvalue weighted by Gasteiger charge is 2.40. The third-order valence-electron chi connectivity index (χ3n) is 6.02. The monoisotopic (exact) mass is 371 g/mol. The number of hydrogen-bond acceptors (Lipinski definition) is 5. The third-order valence-corrected chi connectivity index (χ3v) is 6.02. The van der Waals surface area contributed by atoms with E-state index in [1.807, 2.05) is 17.0 Å². The molecule has 0 amide bonds. The number of nitriles is 1. The van der Waals surface area contributed by atoms with Crippen molar-refractivity contribution >= 4 is 5.97 Å². The summed E-state index contributed by atoms with van der Waals surface area (Å²) in [6.07, 6.45) is 4.89. The molecule has 1 aromatic rings. The zero-order valence-electron chi connectivity index (χ0n) is 15.7. The Morgan fingerprint density at radius 1 is 1.26 bits per heavy atom. The quantitative estimate of drug-likeness (QED) is 0.678. The average Bonchev–Trinajstić information content (AvgIpc) is 2.68. The van der Waals surface area contributed by atoms with Gasteiger partial charge in [0, 0.05) is 26.2 Å². The van der Waals surface area contributed by atoms with E-state index in [2.05, 4.69) is 11.4 Å². The molecule has 1 saturated heterocycles. The number of carboxylic acid groups (broad SMARTS) is 1. The van der Waals surface area contributed by atoms with E-state index in [-0.39, 0.29) is 0 Å². The van der Waals surface area contributed by atoms with Gasteiger partial charge in [0.2, 0.25) is 0 Å². The van der Waals surface area contributed by atoms with Gasteiger partial charge in [-0.25, -0.2) is 0 Å². The second-order valence-corrected chi connectivity index (χ2v) is 7.94. The molecule has 146 valence electrons. The van der Waals surface area contributed by atoms with E-state index in [0.717, 1.165) is 18.5 Å². The van der Waals surface area contributed by atoms with Crippen LogP contribution in [0.25, 0.3) is 0 Å². The minimum Gasteiger partial charge on any atom is -0.480 e. The number of piperidine rings is 1. The molecule has 1 aliphatic heterocycles. The molecule has 3 rings (SSSR count). The van der Waals surface area contributed by atoms with Gasteiger partial charge in [0.05, 0.1) is 17.7 Å². The fourth-order valence-electron chi connectivity index (χ4n) is 4.57. The molecule has 0 bridgehead atoms. The van der Waals surface area contributed by atoms with Gasteiger partial charge >= 0.3 is 5.97 Å². The number of aliphatic hydroxyl groups excluding tert-OH is 1. The van der Waals surface area contributed by atoms with Crippen molar-refractivity contribution in [2.75, 3.05) is 19.6 Å².